The molecule has 3 N–H and O–H groups in total. The molecule has 14 heteroatoms. The lowest BCUT2D eigenvalue weighted by molar-refractivity contribution is -0.121. The standard InChI is InChI=1S/C35H39BClN5O7/c1-3-38-33(44)22-30-35-41-40-23(2)42(35)31-14-13-28(21-29(31)34(39-30)24-9-11-27(37)12-10-24)49-19-18-48-17-16-47-15-5-8-32(43)25-6-4-7-26(20-25)36(45)46/h4,6-7,9-14,20-21,30,45-46H,3,5,8,15-19,22H2,1-2H3,(H,38,44)/t30-/m0/s1. The largest absolute Gasteiger partial charge is 0.491 e. The molecule has 1 aromatic heterocycles. The predicted molar refractivity (Wildman–Crippen MR) is 186 cm³/mol. The first-order valence-electron chi connectivity index (χ1n) is 16.2. The molecule has 2 heterocycles. The van der Waals surface area contributed by atoms with Crippen molar-refractivity contribution in [1.29, 1.82) is 0 Å². The molecule has 4 aromatic rings. The van der Waals surface area contributed by atoms with Crippen LogP contribution in [0.5, 0.6) is 5.75 Å². The number of aryl methyl sites for hydroxylation is 1. The minimum Gasteiger partial charge on any atom is -0.491 e. The van der Waals surface area contributed by atoms with E-state index in [9.17, 15) is 19.6 Å². The summed E-state index contributed by atoms with van der Waals surface area (Å²) in [7, 11) is -1.61. The van der Waals surface area contributed by atoms with Gasteiger partial charge in [-0.2, -0.15) is 0 Å². The summed E-state index contributed by atoms with van der Waals surface area (Å²) in [4.78, 5) is 30.2. The van der Waals surface area contributed by atoms with E-state index in [0.29, 0.717) is 79.7 Å². The number of hydrogen-bond donors (Lipinski definition) is 3. The Morgan fingerprint density at radius 3 is 2.47 bits per heavy atom. The lowest BCUT2D eigenvalue weighted by atomic mass is 9.79. The molecular weight excluding hydrogens is 649 g/mol. The number of carbonyl (C=O) groups is 2. The van der Waals surface area contributed by atoms with Crippen LogP contribution in [-0.2, 0) is 14.3 Å². The number of aliphatic imine (C=N–C) groups is 1. The fraction of sp³-hybridized carbons (Fsp3) is 0.343. The molecule has 0 aliphatic carbocycles. The van der Waals surface area contributed by atoms with Gasteiger partial charge in [-0.1, -0.05) is 48.0 Å². The molecule has 0 saturated carbocycles. The van der Waals surface area contributed by atoms with Crippen LogP contribution in [0.3, 0.4) is 0 Å². The Morgan fingerprint density at radius 2 is 1.71 bits per heavy atom. The Kier molecular flexibility index (Phi) is 12.7. The molecule has 49 heavy (non-hydrogen) atoms. The number of ketones is 1. The molecule has 1 aliphatic rings. The number of benzene rings is 3. The summed E-state index contributed by atoms with van der Waals surface area (Å²) in [5.74, 6) is 1.67. The summed E-state index contributed by atoms with van der Waals surface area (Å²) >= 11 is 6.21. The number of amides is 1. The van der Waals surface area contributed by atoms with E-state index in [1.165, 1.54) is 6.07 Å². The zero-order chi connectivity index (χ0) is 34.8. The molecule has 12 nitrogen and oxygen atoms in total. The van der Waals surface area contributed by atoms with Gasteiger partial charge in [0, 0.05) is 41.3 Å². The average molecular weight is 688 g/mol. The molecule has 1 aliphatic heterocycles. The van der Waals surface area contributed by atoms with E-state index >= 15 is 0 Å². The highest BCUT2D eigenvalue weighted by Gasteiger charge is 2.30. The van der Waals surface area contributed by atoms with Crippen molar-refractivity contribution >= 4 is 41.6 Å². The number of Topliss-reactive ketones (excluding diaryl/α,β-unsaturated/α-hetero) is 1. The van der Waals surface area contributed by atoms with E-state index in [2.05, 4.69) is 15.5 Å². The summed E-state index contributed by atoms with van der Waals surface area (Å²) in [6.07, 6.45) is 0.944. The van der Waals surface area contributed by atoms with Gasteiger partial charge in [0.2, 0.25) is 5.91 Å². The highest BCUT2D eigenvalue weighted by atomic mass is 35.5. The number of aromatic nitrogens is 3. The molecule has 3 aromatic carbocycles. The number of ether oxygens (including phenoxy) is 3. The maximum Gasteiger partial charge on any atom is 0.488 e. The number of carbonyl (C=O) groups excluding carboxylic acids is 2. The number of halogens is 1. The highest BCUT2D eigenvalue weighted by Crippen LogP contribution is 2.34. The molecule has 1 amide bonds. The summed E-state index contributed by atoms with van der Waals surface area (Å²) in [6.45, 7) is 6.05. The number of nitrogens with one attached hydrogen (secondary N) is 1. The molecular formula is C35H39BClN5O7. The van der Waals surface area contributed by atoms with Crippen molar-refractivity contribution in [2.75, 3.05) is 39.6 Å². The second-order valence-corrected chi connectivity index (χ2v) is 11.8. The van der Waals surface area contributed by atoms with Crippen molar-refractivity contribution < 1.29 is 33.8 Å². The Hall–Kier alpha value is -4.40. The number of hydrogen-bond acceptors (Lipinski definition) is 10. The topological polar surface area (TPSA) is 157 Å². The van der Waals surface area contributed by atoms with E-state index in [1.54, 1.807) is 30.3 Å². The number of nitrogens with zero attached hydrogens (tertiary/aromatic N) is 4. The maximum absolute atomic E-state index is 12.7. The van der Waals surface area contributed by atoms with E-state index in [1.807, 2.05) is 48.7 Å². The number of rotatable bonds is 17. The zero-order valence-electron chi connectivity index (χ0n) is 27.5. The van der Waals surface area contributed by atoms with E-state index in [4.69, 9.17) is 30.8 Å². The first-order valence-corrected chi connectivity index (χ1v) is 16.6. The average Bonchev–Trinajstić information content (AvgIpc) is 3.42. The summed E-state index contributed by atoms with van der Waals surface area (Å²) < 4.78 is 19.3. The van der Waals surface area contributed by atoms with Gasteiger partial charge in [0.1, 0.15) is 24.2 Å². The summed E-state index contributed by atoms with van der Waals surface area (Å²) in [5.41, 5.74) is 3.87. The zero-order valence-corrected chi connectivity index (χ0v) is 28.2. The van der Waals surface area contributed by atoms with Gasteiger partial charge in [-0.25, -0.2) is 0 Å². The fourth-order valence-corrected chi connectivity index (χ4v) is 5.60. The molecule has 0 bridgehead atoms. The van der Waals surface area contributed by atoms with Crippen molar-refractivity contribution in [2.45, 2.75) is 39.2 Å². The van der Waals surface area contributed by atoms with E-state index < -0.39 is 13.2 Å². The van der Waals surface area contributed by atoms with Crippen LogP contribution in [0, 0.1) is 6.92 Å². The lowest BCUT2D eigenvalue weighted by Gasteiger charge is -2.15. The van der Waals surface area contributed by atoms with Crippen molar-refractivity contribution in [3.05, 3.63) is 100 Å². The van der Waals surface area contributed by atoms with Crippen LogP contribution in [0.1, 0.15) is 65.4 Å². The van der Waals surface area contributed by atoms with Crippen LogP contribution in [0.15, 0.2) is 71.7 Å². The summed E-state index contributed by atoms with van der Waals surface area (Å²) in [6, 6.07) is 18.9. The summed E-state index contributed by atoms with van der Waals surface area (Å²) in [5, 5.41) is 30.8. The molecule has 0 spiro atoms. The molecule has 0 fully saturated rings. The van der Waals surface area contributed by atoms with E-state index in [-0.39, 0.29) is 30.0 Å². The van der Waals surface area contributed by atoms with Crippen LogP contribution in [0.4, 0.5) is 0 Å². The van der Waals surface area contributed by atoms with Crippen molar-refractivity contribution in [2.24, 2.45) is 4.99 Å². The van der Waals surface area contributed by atoms with Crippen molar-refractivity contribution in [3.63, 3.8) is 0 Å². The Bertz CT molecular complexity index is 1780. The fourth-order valence-electron chi connectivity index (χ4n) is 5.48. The first-order chi connectivity index (χ1) is 23.7. The molecule has 1 atom stereocenters. The second kappa shape index (κ2) is 17.3. The third-order valence-electron chi connectivity index (χ3n) is 7.83. The smallest absolute Gasteiger partial charge is 0.488 e. The monoisotopic (exact) mass is 687 g/mol. The van der Waals surface area contributed by atoms with Crippen LogP contribution in [0.2, 0.25) is 5.02 Å². The highest BCUT2D eigenvalue weighted by molar-refractivity contribution is 6.58. The quantitative estimate of drug-likeness (QED) is 0.0860. The van der Waals surface area contributed by atoms with Gasteiger partial charge in [0.15, 0.2) is 11.6 Å². The van der Waals surface area contributed by atoms with Crippen LogP contribution >= 0.6 is 11.6 Å². The molecule has 0 saturated heterocycles. The third kappa shape index (κ3) is 9.40. The maximum atomic E-state index is 12.7. The van der Waals surface area contributed by atoms with Crippen LogP contribution in [-0.4, -0.2) is 88.9 Å². The van der Waals surface area contributed by atoms with Crippen LogP contribution in [0.25, 0.3) is 5.69 Å². The molecule has 0 unspecified atom stereocenters. The molecule has 5 rings (SSSR count). The van der Waals surface area contributed by atoms with Gasteiger partial charge in [-0.3, -0.25) is 19.1 Å². The predicted octanol–water partition coefficient (Wildman–Crippen LogP) is 3.40. The normalized spacial score (nSPS) is 13.6. The van der Waals surface area contributed by atoms with Crippen molar-refractivity contribution in [1.82, 2.24) is 20.1 Å². The Balaban J connectivity index is 1.16. The van der Waals surface area contributed by atoms with Crippen LogP contribution < -0.4 is 15.5 Å². The van der Waals surface area contributed by atoms with Gasteiger partial charge in [0.25, 0.3) is 0 Å². The lowest BCUT2D eigenvalue weighted by Crippen LogP contribution is -2.30. The Morgan fingerprint density at radius 1 is 0.959 bits per heavy atom. The second-order valence-electron chi connectivity index (χ2n) is 11.4. The molecule has 256 valence electrons. The van der Waals surface area contributed by atoms with Crippen molar-refractivity contribution in [3.8, 4) is 11.4 Å². The minimum absolute atomic E-state index is 0.0830. The van der Waals surface area contributed by atoms with E-state index in [0.717, 1.165) is 16.8 Å². The minimum atomic E-state index is -1.61. The SMILES string of the molecule is CCNC(=O)C[C@@H]1N=C(c2ccc(Cl)cc2)c2cc(OCCOCCOCCCC(=O)c3cccc(B(O)O)c3)ccc2-n2c(C)nnc21. The Labute approximate surface area is 290 Å². The first kappa shape index (κ1) is 35.9. The van der Waals surface area contributed by atoms with Gasteiger partial charge in [-0.15, -0.1) is 10.2 Å². The van der Waals surface area contributed by atoms with Gasteiger partial charge in [0.05, 0.1) is 37.6 Å². The van der Waals surface area contributed by atoms with Gasteiger partial charge < -0.3 is 29.6 Å². The van der Waals surface area contributed by atoms with Gasteiger partial charge in [-0.05, 0) is 56.1 Å². The number of fused-ring (bicyclic) bond motifs is 3. The third-order valence-corrected chi connectivity index (χ3v) is 8.09. The van der Waals surface area contributed by atoms with Gasteiger partial charge >= 0.3 is 7.12 Å². The molecule has 0 radical (unpaired) electrons.